The lowest BCUT2D eigenvalue weighted by atomic mass is 10.00. The van der Waals surface area contributed by atoms with Crippen molar-refractivity contribution in [3.8, 4) is 0 Å². The summed E-state index contributed by atoms with van der Waals surface area (Å²) in [4.78, 5) is 13.3. The highest BCUT2D eigenvalue weighted by molar-refractivity contribution is 7.89. The third-order valence-corrected chi connectivity index (χ3v) is 5.77. The Hall–Kier alpha value is -2.39. The lowest BCUT2D eigenvalue weighted by molar-refractivity contribution is -0.137. The fraction of sp³-hybridized carbons (Fsp3) is 0.278. The van der Waals surface area contributed by atoms with E-state index in [0.717, 1.165) is 29.3 Å². The van der Waals surface area contributed by atoms with Gasteiger partial charge in [-0.05, 0) is 35.7 Å². The minimum Gasteiger partial charge on any atom is -0.337 e. The standard InChI is InChI=1S/C18H17F3N2O3S/c19-18(20,21)15-6-3-7-16(10-15)27(25,26)22-11-17(24)23-9-8-13-4-1-2-5-14(13)12-23/h1-7,10,22H,8-9,11-12H2. The van der Waals surface area contributed by atoms with Gasteiger partial charge in [0.15, 0.2) is 0 Å². The van der Waals surface area contributed by atoms with Gasteiger partial charge in [0.2, 0.25) is 15.9 Å². The van der Waals surface area contributed by atoms with Crippen LogP contribution in [0.1, 0.15) is 16.7 Å². The molecule has 2 aromatic rings. The second-order valence-corrected chi connectivity index (χ2v) is 7.95. The molecule has 144 valence electrons. The van der Waals surface area contributed by atoms with Crippen molar-refractivity contribution in [3.63, 3.8) is 0 Å². The van der Waals surface area contributed by atoms with Crippen LogP contribution in [-0.2, 0) is 34.0 Å². The third kappa shape index (κ3) is 4.48. The van der Waals surface area contributed by atoms with E-state index in [9.17, 15) is 26.4 Å². The highest BCUT2D eigenvalue weighted by Gasteiger charge is 2.32. The van der Waals surface area contributed by atoms with Crippen LogP contribution in [-0.4, -0.2) is 32.3 Å². The van der Waals surface area contributed by atoms with Gasteiger partial charge in [0.25, 0.3) is 0 Å². The molecule has 3 rings (SSSR count). The number of hydrogen-bond acceptors (Lipinski definition) is 3. The highest BCUT2D eigenvalue weighted by Crippen LogP contribution is 2.30. The molecular weight excluding hydrogens is 381 g/mol. The predicted octanol–water partition coefficient (Wildman–Crippen LogP) is 2.57. The summed E-state index contributed by atoms with van der Waals surface area (Å²) in [5.74, 6) is -0.431. The minimum atomic E-state index is -4.65. The normalized spacial score (nSPS) is 14.7. The second-order valence-electron chi connectivity index (χ2n) is 6.18. The summed E-state index contributed by atoms with van der Waals surface area (Å²) in [5.41, 5.74) is 1.08. The SMILES string of the molecule is O=C(CNS(=O)(=O)c1cccc(C(F)(F)F)c1)N1CCc2ccccc2C1. The van der Waals surface area contributed by atoms with Gasteiger partial charge < -0.3 is 4.90 Å². The van der Waals surface area contributed by atoms with Crippen LogP contribution in [0, 0.1) is 0 Å². The van der Waals surface area contributed by atoms with Gasteiger partial charge in [0.05, 0.1) is 17.0 Å². The molecule has 9 heteroatoms. The zero-order chi connectivity index (χ0) is 19.7. The predicted molar refractivity (Wildman–Crippen MR) is 92.2 cm³/mol. The Labute approximate surface area is 154 Å². The van der Waals surface area contributed by atoms with Crippen LogP contribution in [0.4, 0.5) is 13.2 Å². The van der Waals surface area contributed by atoms with Crippen molar-refractivity contribution in [3.05, 3.63) is 65.2 Å². The molecule has 0 spiro atoms. The number of nitrogens with zero attached hydrogens (tertiary/aromatic N) is 1. The lowest BCUT2D eigenvalue weighted by Gasteiger charge is -2.29. The Morgan fingerprint density at radius 1 is 1.07 bits per heavy atom. The molecule has 1 heterocycles. The first-order valence-electron chi connectivity index (χ1n) is 8.18. The molecule has 0 saturated carbocycles. The molecule has 0 atom stereocenters. The van der Waals surface area contributed by atoms with E-state index in [-0.39, 0.29) is 0 Å². The molecule has 1 N–H and O–H groups in total. The number of carbonyl (C=O) groups is 1. The van der Waals surface area contributed by atoms with Crippen LogP contribution in [0.5, 0.6) is 0 Å². The number of carbonyl (C=O) groups excluding carboxylic acids is 1. The van der Waals surface area contributed by atoms with E-state index in [2.05, 4.69) is 4.72 Å². The fourth-order valence-electron chi connectivity index (χ4n) is 2.90. The van der Waals surface area contributed by atoms with E-state index in [0.29, 0.717) is 25.6 Å². The Morgan fingerprint density at radius 3 is 2.48 bits per heavy atom. The molecule has 0 fully saturated rings. The van der Waals surface area contributed by atoms with Gasteiger partial charge in [-0.15, -0.1) is 0 Å². The number of amides is 1. The number of rotatable bonds is 4. The van der Waals surface area contributed by atoms with Crippen molar-refractivity contribution < 1.29 is 26.4 Å². The van der Waals surface area contributed by atoms with Crippen LogP contribution in [0.25, 0.3) is 0 Å². The largest absolute Gasteiger partial charge is 0.416 e. The average molecular weight is 398 g/mol. The zero-order valence-electron chi connectivity index (χ0n) is 14.2. The molecule has 1 aliphatic heterocycles. The molecule has 0 saturated heterocycles. The number of hydrogen-bond donors (Lipinski definition) is 1. The third-order valence-electron chi connectivity index (χ3n) is 4.37. The molecule has 0 unspecified atom stereocenters. The first kappa shape index (κ1) is 19.4. The van der Waals surface area contributed by atoms with E-state index in [4.69, 9.17) is 0 Å². The molecule has 0 radical (unpaired) electrons. The molecule has 1 amide bonds. The lowest BCUT2D eigenvalue weighted by Crippen LogP contribution is -2.42. The van der Waals surface area contributed by atoms with Crippen LogP contribution in [0.2, 0.25) is 0 Å². The van der Waals surface area contributed by atoms with Gasteiger partial charge in [-0.3, -0.25) is 4.79 Å². The van der Waals surface area contributed by atoms with Gasteiger partial charge in [0, 0.05) is 13.1 Å². The Balaban J connectivity index is 1.67. The molecule has 27 heavy (non-hydrogen) atoms. The highest BCUT2D eigenvalue weighted by atomic mass is 32.2. The van der Waals surface area contributed by atoms with Gasteiger partial charge in [-0.25, -0.2) is 13.1 Å². The number of benzene rings is 2. The minimum absolute atomic E-state index is 0.375. The molecule has 1 aliphatic rings. The Bertz CT molecular complexity index is 958. The zero-order valence-corrected chi connectivity index (χ0v) is 15.0. The van der Waals surface area contributed by atoms with Gasteiger partial charge in [-0.2, -0.15) is 13.2 Å². The summed E-state index contributed by atoms with van der Waals surface area (Å²) in [5, 5.41) is 0. The first-order chi connectivity index (χ1) is 12.7. The average Bonchev–Trinajstić information content (AvgIpc) is 2.65. The van der Waals surface area contributed by atoms with Gasteiger partial charge in [-0.1, -0.05) is 30.3 Å². The van der Waals surface area contributed by atoms with E-state index in [1.54, 1.807) is 0 Å². The summed E-state index contributed by atoms with van der Waals surface area (Å²) in [6.07, 6.45) is -3.98. The first-order valence-corrected chi connectivity index (χ1v) is 9.66. The number of fused-ring (bicyclic) bond motifs is 1. The molecular formula is C18H17F3N2O3S. The topological polar surface area (TPSA) is 66.5 Å². The molecule has 2 aromatic carbocycles. The van der Waals surface area contributed by atoms with E-state index >= 15 is 0 Å². The van der Waals surface area contributed by atoms with Crippen molar-refractivity contribution in [2.24, 2.45) is 0 Å². The van der Waals surface area contributed by atoms with Crippen molar-refractivity contribution in [2.75, 3.05) is 13.1 Å². The quantitative estimate of drug-likeness (QED) is 0.861. The Morgan fingerprint density at radius 2 is 1.78 bits per heavy atom. The summed E-state index contributed by atoms with van der Waals surface area (Å²) in [7, 11) is -4.23. The number of nitrogens with one attached hydrogen (secondary N) is 1. The van der Waals surface area contributed by atoms with E-state index in [1.165, 1.54) is 4.90 Å². The summed E-state index contributed by atoms with van der Waals surface area (Å²) in [6.45, 7) is 0.322. The summed E-state index contributed by atoms with van der Waals surface area (Å²) >= 11 is 0. The fourth-order valence-corrected chi connectivity index (χ4v) is 3.92. The van der Waals surface area contributed by atoms with E-state index in [1.807, 2.05) is 24.3 Å². The maximum Gasteiger partial charge on any atom is 0.416 e. The molecule has 0 aliphatic carbocycles. The molecule has 0 bridgehead atoms. The number of halogens is 3. The van der Waals surface area contributed by atoms with Crippen LogP contribution in [0.15, 0.2) is 53.4 Å². The van der Waals surface area contributed by atoms with Crippen LogP contribution in [0.3, 0.4) is 0 Å². The van der Waals surface area contributed by atoms with E-state index < -0.39 is 39.1 Å². The van der Waals surface area contributed by atoms with Crippen molar-refractivity contribution in [1.82, 2.24) is 9.62 Å². The monoisotopic (exact) mass is 398 g/mol. The van der Waals surface area contributed by atoms with Crippen LogP contribution >= 0.6 is 0 Å². The van der Waals surface area contributed by atoms with Crippen LogP contribution < -0.4 is 4.72 Å². The van der Waals surface area contributed by atoms with Gasteiger partial charge >= 0.3 is 6.18 Å². The Kier molecular flexibility index (Phi) is 5.25. The van der Waals surface area contributed by atoms with Crippen molar-refractivity contribution >= 4 is 15.9 Å². The maximum absolute atomic E-state index is 12.8. The number of sulfonamides is 1. The molecule has 0 aromatic heterocycles. The summed E-state index contributed by atoms with van der Waals surface area (Å²) in [6, 6.07) is 11.1. The maximum atomic E-state index is 12.8. The van der Waals surface area contributed by atoms with Gasteiger partial charge in [0.1, 0.15) is 0 Å². The smallest absolute Gasteiger partial charge is 0.337 e. The second kappa shape index (κ2) is 7.32. The van der Waals surface area contributed by atoms with Crippen molar-refractivity contribution in [2.45, 2.75) is 24.0 Å². The van der Waals surface area contributed by atoms with Crippen molar-refractivity contribution in [1.29, 1.82) is 0 Å². The number of alkyl halides is 3. The summed E-state index contributed by atoms with van der Waals surface area (Å²) < 4.78 is 64.9. The molecule has 5 nitrogen and oxygen atoms in total.